The number of rotatable bonds is 14. The predicted molar refractivity (Wildman–Crippen MR) is 264 cm³/mol. The first kappa shape index (κ1) is 50.2. The molecule has 6 heterocycles. The van der Waals surface area contributed by atoms with Gasteiger partial charge in [0, 0.05) is 44.0 Å². The number of methoxy groups -OCH3 is 2. The maximum absolute atomic E-state index is 18.2. The molecule has 6 aromatic rings. The molecule has 72 heavy (non-hydrogen) atoms. The van der Waals surface area contributed by atoms with E-state index in [2.05, 4.69) is 20.2 Å². The molecule has 15 nitrogen and oxygen atoms in total. The maximum Gasteiger partial charge on any atom is 0.418 e. The van der Waals surface area contributed by atoms with Gasteiger partial charge in [0.05, 0.1) is 66.7 Å². The van der Waals surface area contributed by atoms with Gasteiger partial charge < -0.3 is 38.2 Å². The topological polar surface area (TPSA) is 146 Å². The number of anilines is 3. The highest BCUT2D eigenvalue weighted by molar-refractivity contribution is 6.36. The van der Waals surface area contributed by atoms with Crippen molar-refractivity contribution in [2.24, 2.45) is 0 Å². The van der Waals surface area contributed by atoms with E-state index in [1.165, 1.54) is 19.2 Å². The molecule has 3 aromatic heterocycles. The number of fused-ring (bicyclic) bond motifs is 2. The van der Waals surface area contributed by atoms with Crippen LogP contribution in [-0.2, 0) is 28.7 Å². The molecule has 2 saturated heterocycles. The molecule has 3 aliphatic rings. The van der Waals surface area contributed by atoms with Gasteiger partial charge in [-0.05, 0) is 94.1 Å². The molecule has 1 amide bonds. The molecule has 2 bridgehead atoms. The zero-order chi connectivity index (χ0) is 51.1. The number of alkyl halides is 3. The number of morpholine rings is 1. The van der Waals surface area contributed by atoms with Crippen molar-refractivity contribution in [2.75, 3.05) is 68.8 Å². The summed E-state index contributed by atoms with van der Waals surface area (Å²) in [5.74, 6) is 0.350. The SMILES string of the molecule is COc1ccc(CN(Cc2ccc(OC)cc2)c2cc(C)c(C(F)(F)F)c(-c3c(Cl)c4c5c(nc(OC[C@H]6C[C@@H]7CN6CCO7)nc5c3F)N([C@H](C)c3cccnc3NC(=O)OC(C)(C)C)CCO4)n2)cc1. The van der Waals surface area contributed by atoms with Crippen LogP contribution < -0.4 is 34.1 Å². The molecule has 9 rings (SSSR count). The highest BCUT2D eigenvalue weighted by Gasteiger charge is 2.42. The van der Waals surface area contributed by atoms with Gasteiger partial charge in [-0.3, -0.25) is 10.2 Å². The summed E-state index contributed by atoms with van der Waals surface area (Å²) in [6.07, 6.45) is -3.50. The van der Waals surface area contributed by atoms with Crippen LogP contribution in [0.15, 0.2) is 72.9 Å². The molecule has 2 fully saturated rings. The largest absolute Gasteiger partial charge is 0.497 e. The molecule has 0 saturated carbocycles. The number of ether oxygens (including phenoxy) is 6. The highest BCUT2D eigenvalue weighted by atomic mass is 35.5. The number of carbonyl (C=O) groups is 1. The van der Waals surface area contributed by atoms with Gasteiger partial charge >= 0.3 is 18.3 Å². The van der Waals surface area contributed by atoms with Crippen LogP contribution in [0, 0.1) is 12.7 Å². The van der Waals surface area contributed by atoms with Gasteiger partial charge in [-0.2, -0.15) is 23.1 Å². The Bertz CT molecular complexity index is 2910. The second-order valence-corrected chi connectivity index (χ2v) is 19.3. The van der Waals surface area contributed by atoms with Gasteiger partial charge in [-0.25, -0.2) is 19.2 Å². The van der Waals surface area contributed by atoms with Crippen molar-refractivity contribution < 1.29 is 50.8 Å². The minimum atomic E-state index is -5.02. The number of carbonyl (C=O) groups excluding carboxylic acids is 1. The third kappa shape index (κ3) is 10.6. The summed E-state index contributed by atoms with van der Waals surface area (Å²) < 4.78 is 99.8. The first-order valence-corrected chi connectivity index (χ1v) is 23.9. The fraction of sp³-hybridized carbons (Fsp3) is 0.404. The average molecular weight is 1020 g/mol. The van der Waals surface area contributed by atoms with Gasteiger partial charge in [-0.1, -0.05) is 41.9 Å². The Balaban J connectivity index is 1.21. The summed E-state index contributed by atoms with van der Waals surface area (Å²) in [6, 6.07) is 18.4. The lowest BCUT2D eigenvalue weighted by atomic mass is 9.98. The molecule has 1 N–H and O–H groups in total. The first-order chi connectivity index (χ1) is 34.4. The Morgan fingerprint density at radius 2 is 1.64 bits per heavy atom. The number of benzene rings is 3. The van der Waals surface area contributed by atoms with Crippen molar-refractivity contribution in [1.29, 1.82) is 0 Å². The van der Waals surface area contributed by atoms with Crippen LogP contribution >= 0.6 is 11.6 Å². The zero-order valence-electron chi connectivity index (χ0n) is 40.9. The number of amides is 1. The van der Waals surface area contributed by atoms with Crippen LogP contribution in [0.1, 0.15) is 68.0 Å². The molecule has 4 atom stereocenters. The number of nitrogens with one attached hydrogen (secondary N) is 1. The van der Waals surface area contributed by atoms with Crippen molar-refractivity contribution in [3.8, 4) is 34.5 Å². The number of nitrogens with zero attached hydrogens (tertiary/aromatic N) is 7. The lowest BCUT2D eigenvalue weighted by molar-refractivity contribution is -0.137. The number of aryl methyl sites for hydroxylation is 1. The summed E-state index contributed by atoms with van der Waals surface area (Å²) in [5.41, 5.74) is -1.89. The van der Waals surface area contributed by atoms with Crippen molar-refractivity contribution >= 4 is 46.1 Å². The summed E-state index contributed by atoms with van der Waals surface area (Å²) >= 11 is 7.24. The molecule has 3 aromatic carbocycles. The third-order valence-corrected chi connectivity index (χ3v) is 13.3. The Kier molecular flexibility index (Phi) is 14.3. The van der Waals surface area contributed by atoms with Gasteiger partial charge in [0.1, 0.15) is 53.3 Å². The molecule has 0 aliphatic carbocycles. The number of pyridine rings is 2. The average Bonchev–Trinajstić information content (AvgIpc) is 3.48. The van der Waals surface area contributed by atoms with Crippen LogP contribution in [0.25, 0.3) is 22.2 Å². The predicted octanol–water partition coefficient (Wildman–Crippen LogP) is 10.6. The fourth-order valence-corrected chi connectivity index (χ4v) is 9.82. The molecule has 380 valence electrons. The summed E-state index contributed by atoms with van der Waals surface area (Å²) in [6.45, 7) is 10.9. The number of hydrogen-bond donors (Lipinski definition) is 1. The maximum atomic E-state index is 18.2. The second-order valence-electron chi connectivity index (χ2n) is 18.9. The quantitative estimate of drug-likeness (QED) is 0.103. The highest BCUT2D eigenvalue weighted by Crippen LogP contribution is 2.51. The Hall–Kier alpha value is -6.70. The van der Waals surface area contributed by atoms with Crippen LogP contribution in [0.2, 0.25) is 5.02 Å². The van der Waals surface area contributed by atoms with E-state index < -0.39 is 57.1 Å². The lowest BCUT2D eigenvalue weighted by Crippen LogP contribution is -2.39. The molecule has 20 heteroatoms. The van der Waals surface area contributed by atoms with Gasteiger partial charge in [0.2, 0.25) is 0 Å². The fourth-order valence-electron chi connectivity index (χ4n) is 9.50. The Morgan fingerprint density at radius 1 is 0.958 bits per heavy atom. The van der Waals surface area contributed by atoms with Crippen LogP contribution in [-0.4, -0.2) is 102 Å². The second kappa shape index (κ2) is 20.4. The van der Waals surface area contributed by atoms with Crippen molar-refractivity contribution in [3.05, 3.63) is 112 Å². The van der Waals surface area contributed by atoms with Gasteiger partial charge in [-0.15, -0.1) is 0 Å². The monoisotopic (exact) mass is 1010 g/mol. The summed E-state index contributed by atoms with van der Waals surface area (Å²) in [7, 11) is 3.11. The number of hydrogen-bond acceptors (Lipinski definition) is 14. The van der Waals surface area contributed by atoms with E-state index in [0.29, 0.717) is 36.6 Å². The Morgan fingerprint density at radius 3 is 2.26 bits per heavy atom. The van der Waals surface area contributed by atoms with E-state index in [9.17, 15) is 4.79 Å². The smallest absolute Gasteiger partial charge is 0.418 e. The zero-order valence-corrected chi connectivity index (χ0v) is 41.7. The molecular formula is C52H55ClF4N8O7. The minimum Gasteiger partial charge on any atom is -0.497 e. The molecule has 0 spiro atoms. The first-order valence-electron chi connectivity index (χ1n) is 23.5. The van der Waals surface area contributed by atoms with Crippen LogP contribution in [0.5, 0.6) is 23.3 Å². The third-order valence-electron chi connectivity index (χ3n) is 12.9. The minimum absolute atomic E-state index is 0.000520. The number of aromatic nitrogens is 4. The number of halogens is 5. The normalized spacial score (nSPS) is 18.0. The van der Waals surface area contributed by atoms with Crippen molar-refractivity contribution in [1.82, 2.24) is 24.8 Å². The molecule has 3 aliphatic heterocycles. The van der Waals surface area contributed by atoms with Crippen molar-refractivity contribution in [2.45, 2.75) is 84.1 Å². The van der Waals surface area contributed by atoms with E-state index in [-0.39, 0.29) is 85.2 Å². The Labute approximate surface area is 419 Å². The van der Waals surface area contributed by atoms with Crippen molar-refractivity contribution in [3.63, 3.8) is 0 Å². The summed E-state index contributed by atoms with van der Waals surface area (Å²) in [4.78, 5) is 37.5. The lowest BCUT2D eigenvalue weighted by Gasteiger charge is -2.31. The molecule has 0 radical (unpaired) electrons. The van der Waals surface area contributed by atoms with E-state index in [1.54, 1.807) is 81.2 Å². The van der Waals surface area contributed by atoms with E-state index in [4.69, 9.17) is 50.0 Å². The van der Waals surface area contributed by atoms with E-state index in [0.717, 1.165) is 17.7 Å². The van der Waals surface area contributed by atoms with Crippen LogP contribution in [0.4, 0.5) is 39.8 Å². The molecular weight excluding hydrogens is 960 g/mol. The van der Waals surface area contributed by atoms with E-state index in [1.807, 2.05) is 31.2 Å². The standard InChI is InChI=1S/C52H55ClF4N8O7/c1-29-23-38(64(25-31-10-14-34(67-6)15-11-31)26-32-12-16-35(68-7)17-13-32)59-44(41(29)52(55,56)57)39-42(53)46-40-45(43(39)54)60-49(71-28-33-24-36-27-63(33)19-21-69-36)62-48(40)65(20-22-70-46)30(2)37-9-8-18-58-47(37)61-50(66)72-51(3,4)5/h8-18,23,30,33,36H,19-22,24-28H2,1-7H3,(H,58,61,66)/t30-,33-,36-/m1/s1. The van der Waals surface area contributed by atoms with Crippen LogP contribution in [0.3, 0.4) is 0 Å². The van der Waals surface area contributed by atoms with Gasteiger partial charge in [0.15, 0.2) is 11.6 Å². The van der Waals surface area contributed by atoms with Gasteiger partial charge in [0.25, 0.3) is 0 Å². The molecule has 1 unspecified atom stereocenters. The summed E-state index contributed by atoms with van der Waals surface area (Å²) in [5, 5.41) is 2.29. The van der Waals surface area contributed by atoms with E-state index >= 15 is 17.6 Å².